The fourth-order valence-electron chi connectivity index (χ4n) is 4.56. The molecule has 9 nitrogen and oxygen atoms in total. The number of nitrogens with zero attached hydrogens (tertiary/aromatic N) is 3. The number of hydrogen-bond acceptors (Lipinski definition) is 6. The Kier molecular flexibility index (Phi) is 6.12. The number of nitrogens with one attached hydrogen (secondary N) is 1. The summed E-state index contributed by atoms with van der Waals surface area (Å²) >= 11 is 0. The lowest BCUT2D eigenvalue weighted by molar-refractivity contribution is -0.115. The third-order valence-corrected chi connectivity index (χ3v) is 6.26. The van der Waals surface area contributed by atoms with E-state index in [1.54, 1.807) is 19.9 Å². The van der Waals surface area contributed by atoms with E-state index in [2.05, 4.69) is 29.4 Å². The summed E-state index contributed by atoms with van der Waals surface area (Å²) in [4.78, 5) is 24.4. The number of benzene rings is 1. The Morgan fingerprint density at radius 2 is 1.94 bits per heavy atom. The summed E-state index contributed by atoms with van der Waals surface area (Å²) in [6.07, 6.45) is 1.51. The second-order valence-electron chi connectivity index (χ2n) is 10.0. The summed E-state index contributed by atoms with van der Waals surface area (Å²) in [5.74, 6) is -3.63. The van der Waals surface area contributed by atoms with Crippen molar-refractivity contribution in [3.05, 3.63) is 46.7 Å². The number of carbonyl (C=O) groups is 2. The van der Waals surface area contributed by atoms with Gasteiger partial charge in [0.15, 0.2) is 11.6 Å². The Balaban J connectivity index is 1.52. The van der Waals surface area contributed by atoms with Gasteiger partial charge in [-0.1, -0.05) is 25.1 Å². The summed E-state index contributed by atoms with van der Waals surface area (Å²) in [6, 6.07) is 3.90. The van der Waals surface area contributed by atoms with Crippen LogP contribution < -0.4 is 16.8 Å². The molecule has 1 saturated carbocycles. The van der Waals surface area contributed by atoms with Crippen molar-refractivity contribution in [2.45, 2.75) is 58.9 Å². The minimum absolute atomic E-state index is 0.0392. The predicted molar refractivity (Wildman–Crippen MR) is 125 cm³/mol. The molecule has 0 aliphatic heterocycles. The first-order valence-corrected chi connectivity index (χ1v) is 11.3. The van der Waals surface area contributed by atoms with E-state index in [0.29, 0.717) is 0 Å². The van der Waals surface area contributed by atoms with Crippen LogP contribution in [-0.2, 0) is 11.2 Å². The molecule has 2 aromatic heterocycles. The zero-order valence-electron chi connectivity index (χ0n) is 20.0. The molecule has 0 atom stereocenters. The van der Waals surface area contributed by atoms with Gasteiger partial charge in [-0.2, -0.15) is 5.10 Å². The van der Waals surface area contributed by atoms with Crippen LogP contribution in [0.3, 0.4) is 0 Å². The number of rotatable bonds is 7. The molecule has 0 radical (unpaired) electrons. The standard InChI is InChI=1S/C24H28F2N6O3/c1-11(2)32-22(27)18(23(28)34)21(30-32)14-6-5-12(19(25)20(14)26)7-16(33)29-17-8-15(31-35-17)13-9-24(3,4)10-13/h5-6,8,11,13H,7,9-10,27H2,1-4H3,(H2,28,34)(H,29,33). The molecule has 5 N–H and O–H groups in total. The van der Waals surface area contributed by atoms with Gasteiger partial charge in [0.05, 0.1) is 12.1 Å². The van der Waals surface area contributed by atoms with Crippen molar-refractivity contribution in [3.8, 4) is 11.3 Å². The van der Waals surface area contributed by atoms with Gasteiger partial charge in [0.1, 0.15) is 17.1 Å². The van der Waals surface area contributed by atoms with E-state index < -0.39 is 29.9 Å². The van der Waals surface area contributed by atoms with Crippen LogP contribution in [0.5, 0.6) is 0 Å². The average molecular weight is 487 g/mol. The lowest BCUT2D eigenvalue weighted by atomic mass is 9.63. The van der Waals surface area contributed by atoms with Crippen molar-refractivity contribution < 1.29 is 22.9 Å². The molecule has 1 aliphatic rings. The maximum absolute atomic E-state index is 15.0. The van der Waals surface area contributed by atoms with Gasteiger partial charge in [-0.05, 0) is 38.2 Å². The van der Waals surface area contributed by atoms with Gasteiger partial charge in [-0.3, -0.25) is 14.9 Å². The summed E-state index contributed by atoms with van der Waals surface area (Å²) in [5, 5.41) is 10.7. The number of primary amides is 1. The summed E-state index contributed by atoms with van der Waals surface area (Å²) in [7, 11) is 0. The monoisotopic (exact) mass is 486 g/mol. The van der Waals surface area contributed by atoms with E-state index in [1.165, 1.54) is 16.8 Å². The van der Waals surface area contributed by atoms with Crippen LogP contribution in [0, 0.1) is 17.0 Å². The quantitative estimate of drug-likeness (QED) is 0.458. The van der Waals surface area contributed by atoms with Gasteiger partial charge < -0.3 is 16.0 Å². The predicted octanol–water partition coefficient (Wildman–Crippen LogP) is 4.16. The van der Waals surface area contributed by atoms with Crippen molar-refractivity contribution in [1.82, 2.24) is 14.9 Å². The Morgan fingerprint density at radius 3 is 2.54 bits per heavy atom. The molecule has 0 unspecified atom stereocenters. The van der Waals surface area contributed by atoms with E-state index in [-0.39, 0.29) is 51.5 Å². The van der Waals surface area contributed by atoms with Gasteiger partial charge in [0.25, 0.3) is 5.91 Å². The highest BCUT2D eigenvalue weighted by Crippen LogP contribution is 2.50. The molecule has 1 aromatic carbocycles. The second kappa shape index (κ2) is 8.79. The topological polar surface area (TPSA) is 142 Å². The molecule has 0 bridgehead atoms. The molecule has 3 aromatic rings. The smallest absolute Gasteiger partial charge is 0.254 e. The third kappa shape index (κ3) is 4.62. The molecule has 11 heteroatoms. The second-order valence-corrected chi connectivity index (χ2v) is 10.0. The molecule has 1 aliphatic carbocycles. The number of hydrogen-bond donors (Lipinski definition) is 3. The zero-order chi connectivity index (χ0) is 25.7. The first kappa shape index (κ1) is 24.4. The number of nitrogen functional groups attached to an aromatic ring is 1. The van der Waals surface area contributed by atoms with Crippen molar-refractivity contribution in [1.29, 1.82) is 0 Å². The molecule has 0 spiro atoms. The fraction of sp³-hybridized carbons (Fsp3) is 0.417. The number of halogens is 2. The van der Waals surface area contributed by atoms with Crippen LogP contribution in [0.15, 0.2) is 22.7 Å². The van der Waals surface area contributed by atoms with Gasteiger partial charge >= 0.3 is 0 Å². The maximum atomic E-state index is 15.0. The first-order valence-electron chi connectivity index (χ1n) is 11.3. The molecule has 2 amide bonds. The van der Waals surface area contributed by atoms with E-state index in [4.69, 9.17) is 16.0 Å². The van der Waals surface area contributed by atoms with E-state index in [0.717, 1.165) is 18.5 Å². The lowest BCUT2D eigenvalue weighted by Gasteiger charge is -2.41. The number of nitrogens with two attached hydrogens (primary N) is 2. The number of carbonyl (C=O) groups excluding carboxylic acids is 2. The fourth-order valence-corrected chi connectivity index (χ4v) is 4.56. The van der Waals surface area contributed by atoms with Gasteiger partial charge in [-0.25, -0.2) is 13.5 Å². The van der Waals surface area contributed by atoms with Gasteiger partial charge in [-0.15, -0.1) is 0 Å². The molecule has 186 valence electrons. The number of aromatic nitrogens is 3. The Bertz CT molecular complexity index is 1300. The Hall–Kier alpha value is -3.76. The lowest BCUT2D eigenvalue weighted by Crippen LogP contribution is -2.29. The SMILES string of the molecule is CC(C)n1nc(-c2ccc(CC(=O)Nc3cc(C4CC(C)(C)C4)no3)c(F)c2F)c(C(N)=O)c1N. The van der Waals surface area contributed by atoms with Gasteiger partial charge in [0, 0.05) is 29.2 Å². The van der Waals surface area contributed by atoms with E-state index >= 15 is 4.39 Å². The average Bonchev–Trinajstić information content (AvgIpc) is 3.34. The van der Waals surface area contributed by atoms with Crippen LogP contribution >= 0.6 is 0 Å². The highest BCUT2D eigenvalue weighted by Gasteiger charge is 2.38. The van der Waals surface area contributed by atoms with Crippen LogP contribution in [0.25, 0.3) is 11.3 Å². The molecule has 35 heavy (non-hydrogen) atoms. The number of anilines is 2. The van der Waals surface area contributed by atoms with Crippen LogP contribution in [0.4, 0.5) is 20.5 Å². The van der Waals surface area contributed by atoms with Crippen LogP contribution in [0.2, 0.25) is 0 Å². The van der Waals surface area contributed by atoms with Crippen molar-refractivity contribution in [2.75, 3.05) is 11.1 Å². The van der Waals surface area contributed by atoms with Gasteiger partial charge in [0.2, 0.25) is 11.8 Å². The molecule has 2 heterocycles. The van der Waals surface area contributed by atoms with E-state index in [1.807, 2.05) is 0 Å². The Labute approximate surface area is 200 Å². The van der Waals surface area contributed by atoms with Crippen molar-refractivity contribution in [2.24, 2.45) is 11.1 Å². The largest absolute Gasteiger partial charge is 0.383 e. The summed E-state index contributed by atoms with van der Waals surface area (Å²) in [6.45, 7) is 7.87. The first-order chi connectivity index (χ1) is 16.4. The van der Waals surface area contributed by atoms with Crippen molar-refractivity contribution in [3.63, 3.8) is 0 Å². The molecular formula is C24H28F2N6O3. The minimum atomic E-state index is -1.26. The summed E-state index contributed by atoms with van der Waals surface area (Å²) < 4.78 is 36.4. The third-order valence-electron chi connectivity index (χ3n) is 6.26. The normalized spacial score (nSPS) is 15.3. The zero-order valence-corrected chi connectivity index (χ0v) is 20.0. The molecular weight excluding hydrogens is 458 g/mol. The van der Waals surface area contributed by atoms with Crippen molar-refractivity contribution >= 4 is 23.5 Å². The maximum Gasteiger partial charge on any atom is 0.254 e. The highest BCUT2D eigenvalue weighted by atomic mass is 19.2. The van der Waals surface area contributed by atoms with E-state index in [9.17, 15) is 14.0 Å². The molecule has 4 rings (SSSR count). The Morgan fingerprint density at radius 1 is 1.26 bits per heavy atom. The molecule has 0 saturated heterocycles. The van der Waals surface area contributed by atoms with Crippen LogP contribution in [-0.4, -0.2) is 26.8 Å². The summed E-state index contributed by atoms with van der Waals surface area (Å²) in [5.41, 5.74) is 11.6. The van der Waals surface area contributed by atoms with Crippen LogP contribution in [0.1, 0.15) is 74.1 Å². The molecule has 1 fully saturated rings. The number of amides is 2. The highest BCUT2D eigenvalue weighted by molar-refractivity contribution is 6.03. The minimum Gasteiger partial charge on any atom is -0.383 e.